The number of carbonyl (C=O) groups is 1. The van der Waals surface area contributed by atoms with Gasteiger partial charge in [0.15, 0.2) is 0 Å². The Morgan fingerprint density at radius 1 is 1.19 bits per heavy atom. The maximum absolute atomic E-state index is 12.0. The van der Waals surface area contributed by atoms with Gasteiger partial charge in [-0.3, -0.25) is 14.8 Å². The van der Waals surface area contributed by atoms with E-state index >= 15 is 0 Å². The minimum Gasteiger partial charge on any atom is -0.343 e. The smallest absolute Gasteiger partial charge is 0.272 e. The zero-order valence-electron chi connectivity index (χ0n) is 12.7. The highest BCUT2D eigenvalue weighted by Crippen LogP contribution is 2.25. The summed E-state index contributed by atoms with van der Waals surface area (Å²) in [5, 5.41) is 0. The van der Waals surface area contributed by atoms with Gasteiger partial charge in [0.05, 0.1) is 11.4 Å². The summed E-state index contributed by atoms with van der Waals surface area (Å²) in [5.41, 5.74) is 2.58. The number of hydrogen-bond donors (Lipinski definition) is 0. The largest absolute Gasteiger partial charge is 0.343 e. The molecule has 2 rings (SSSR count). The van der Waals surface area contributed by atoms with Crippen molar-refractivity contribution in [3.05, 3.63) is 36.2 Å². The van der Waals surface area contributed by atoms with Crippen molar-refractivity contribution in [2.75, 3.05) is 14.1 Å². The highest BCUT2D eigenvalue weighted by atomic mass is 16.2. The SMILES string of the molecule is CCC(C)c1nccnc1-c1cc(C(=O)N(C)C)ncn1. The first-order chi connectivity index (χ1) is 10.0. The van der Waals surface area contributed by atoms with E-state index < -0.39 is 0 Å². The van der Waals surface area contributed by atoms with Crippen LogP contribution in [0, 0.1) is 0 Å². The van der Waals surface area contributed by atoms with E-state index in [4.69, 9.17) is 0 Å². The van der Waals surface area contributed by atoms with Crippen LogP contribution in [0.4, 0.5) is 0 Å². The van der Waals surface area contributed by atoms with Crippen LogP contribution in [-0.4, -0.2) is 44.8 Å². The average molecular weight is 285 g/mol. The number of aromatic nitrogens is 4. The van der Waals surface area contributed by atoms with Crippen LogP contribution in [0.25, 0.3) is 11.4 Å². The van der Waals surface area contributed by atoms with Gasteiger partial charge >= 0.3 is 0 Å². The van der Waals surface area contributed by atoms with Crippen molar-refractivity contribution in [3.8, 4) is 11.4 Å². The number of carbonyl (C=O) groups excluding carboxylic acids is 1. The van der Waals surface area contributed by atoms with E-state index in [-0.39, 0.29) is 11.8 Å². The molecule has 6 heteroatoms. The molecule has 6 nitrogen and oxygen atoms in total. The normalized spacial score (nSPS) is 12.0. The highest BCUT2D eigenvalue weighted by molar-refractivity contribution is 5.92. The molecule has 0 aliphatic rings. The summed E-state index contributed by atoms with van der Waals surface area (Å²) in [6.45, 7) is 4.20. The standard InChI is InChI=1S/C15H19N5O/c1-5-10(2)13-14(17-7-6-16-13)11-8-12(19-9-18-11)15(21)20(3)4/h6-10H,5H2,1-4H3. The van der Waals surface area contributed by atoms with Crippen molar-refractivity contribution >= 4 is 5.91 Å². The van der Waals surface area contributed by atoms with Gasteiger partial charge in [-0.25, -0.2) is 9.97 Å². The molecule has 1 unspecified atom stereocenters. The van der Waals surface area contributed by atoms with E-state index in [1.165, 1.54) is 11.2 Å². The van der Waals surface area contributed by atoms with Crippen LogP contribution in [-0.2, 0) is 0 Å². The molecule has 0 spiro atoms. The minimum absolute atomic E-state index is 0.160. The van der Waals surface area contributed by atoms with Crippen LogP contribution < -0.4 is 0 Å². The second kappa shape index (κ2) is 6.39. The van der Waals surface area contributed by atoms with Crippen molar-refractivity contribution in [2.24, 2.45) is 0 Å². The molecule has 0 N–H and O–H groups in total. The van der Waals surface area contributed by atoms with E-state index in [1.54, 1.807) is 32.6 Å². The van der Waals surface area contributed by atoms with Crippen LogP contribution in [0.2, 0.25) is 0 Å². The monoisotopic (exact) mass is 285 g/mol. The lowest BCUT2D eigenvalue weighted by molar-refractivity contribution is 0.0822. The Hall–Kier alpha value is -2.37. The van der Waals surface area contributed by atoms with E-state index in [1.807, 2.05) is 0 Å². The summed E-state index contributed by atoms with van der Waals surface area (Å²) in [7, 11) is 3.38. The fourth-order valence-electron chi connectivity index (χ4n) is 1.93. The van der Waals surface area contributed by atoms with Crippen molar-refractivity contribution in [2.45, 2.75) is 26.2 Å². The molecule has 0 radical (unpaired) electrons. The molecular weight excluding hydrogens is 266 g/mol. The lowest BCUT2D eigenvalue weighted by Gasteiger charge is -2.13. The second-order valence-corrected chi connectivity index (χ2v) is 5.09. The Labute approximate surface area is 124 Å². The quantitative estimate of drug-likeness (QED) is 0.860. The van der Waals surface area contributed by atoms with E-state index in [0.29, 0.717) is 17.1 Å². The van der Waals surface area contributed by atoms with Gasteiger partial charge in [0.1, 0.15) is 17.7 Å². The Bertz CT molecular complexity index is 641. The molecule has 2 heterocycles. The molecular formula is C15H19N5O. The molecule has 0 saturated carbocycles. The van der Waals surface area contributed by atoms with Crippen molar-refractivity contribution in [1.82, 2.24) is 24.8 Å². The van der Waals surface area contributed by atoms with E-state index in [2.05, 4.69) is 33.8 Å². The summed E-state index contributed by atoms with van der Waals surface area (Å²) in [5.74, 6) is 0.115. The van der Waals surface area contributed by atoms with E-state index in [0.717, 1.165) is 12.1 Å². The van der Waals surface area contributed by atoms with Crippen LogP contribution in [0.15, 0.2) is 24.8 Å². The summed E-state index contributed by atoms with van der Waals surface area (Å²) in [6.07, 6.45) is 5.66. The molecule has 21 heavy (non-hydrogen) atoms. The molecule has 0 fully saturated rings. The maximum Gasteiger partial charge on any atom is 0.272 e. The lowest BCUT2D eigenvalue weighted by atomic mass is 10.0. The molecule has 2 aromatic heterocycles. The van der Waals surface area contributed by atoms with Gasteiger partial charge in [0.2, 0.25) is 0 Å². The molecule has 110 valence electrons. The van der Waals surface area contributed by atoms with Crippen LogP contribution in [0.5, 0.6) is 0 Å². The zero-order valence-corrected chi connectivity index (χ0v) is 12.7. The predicted octanol–water partition coefficient (Wildman–Crippen LogP) is 2.15. The fourth-order valence-corrected chi connectivity index (χ4v) is 1.93. The summed E-state index contributed by atoms with van der Waals surface area (Å²) < 4.78 is 0. The third-order valence-electron chi connectivity index (χ3n) is 3.34. The van der Waals surface area contributed by atoms with Gasteiger partial charge in [-0.05, 0) is 12.5 Å². The first-order valence-corrected chi connectivity index (χ1v) is 6.89. The Morgan fingerprint density at radius 3 is 2.57 bits per heavy atom. The second-order valence-electron chi connectivity index (χ2n) is 5.09. The summed E-state index contributed by atoms with van der Waals surface area (Å²) in [4.78, 5) is 30.6. The molecule has 0 aromatic carbocycles. The first kappa shape index (κ1) is 15.0. The molecule has 0 aliphatic heterocycles. The van der Waals surface area contributed by atoms with Crippen molar-refractivity contribution in [3.63, 3.8) is 0 Å². The summed E-state index contributed by atoms with van der Waals surface area (Å²) >= 11 is 0. The van der Waals surface area contributed by atoms with E-state index in [9.17, 15) is 4.79 Å². The number of nitrogens with zero attached hydrogens (tertiary/aromatic N) is 5. The molecule has 0 aliphatic carbocycles. The third kappa shape index (κ3) is 3.21. The Balaban J connectivity index is 2.48. The molecule has 1 atom stereocenters. The number of hydrogen-bond acceptors (Lipinski definition) is 5. The van der Waals surface area contributed by atoms with Gasteiger partial charge in [0, 0.05) is 32.4 Å². The predicted molar refractivity (Wildman–Crippen MR) is 79.8 cm³/mol. The minimum atomic E-state index is -0.160. The van der Waals surface area contributed by atoms with Gasteiger partial charge in [-0.15, -0.1) is 0 Å². The van der Waals surface area contributed by atoms with Crippen LogP contribution in [0.3, 0.4) is 0 Å². The van der Waals surface area contributed by atoms with Gasteiger partial charge < -0.3 is 4.90 Å². The van der Waals surface area contributed by atoms with Gasteiger partial charge in [0.25, 0.3) is 5.91 Å². The highest BCUT2D eigenvalue weighted by Gasteiger charge is 2.17. The summed E-state index contributed by atoms with van der Waals surface area (Å²) in [6, 6.07) is 1.66. The van der Waals surface area contributed by atoms with Gasteiger partial charge in [-0.1, -0.05) is 13.8 Å². The Kier molecular flexibility index (Phi) is 4.57. The third-order valence-corrected chi connectivity index (χ3v) is 3.34. The van der Waals surface area contributed by atoms with Gasteiger partial charge in [-0.2, -0.15) is 0 Å². The first-order valence-electron chi connectivity index (χ1n) is 6.89. The number of amides is 1. The maximum atomic E-state index is 12.0. The van der Waals surface area contributed by atoms with Crippen LogP contribution in [0.1, 0.15) is 42.4 Å². The van der Waals surface area contributed by atoms with Crippen molar-refractivity contribution in [1.29, 1.82) is 0 Å². The molecule has 2 aromatic rings. The molecule has 1 amide bonds. The molecule has 0 saturated heterocycles. The average Bonchev–Trinajstić information content (AvgIpc) is 2.53. The van der Waals surface area contributed by atoms with Crippen LogP contribution >= 0.6 is 0 Å². The topological polar surface area (TPSA) is 71.9 Å². The zero-order chi connectivity index (χ0) is 15.4. The lowest BCUT2D eigenvalue weighted by Crippen LogP contribution is -2.22. The number of rotatable bonds is 4. The Morgan fingerprint density at radius 2 is 1.90 bits per heavy atom. The van der Waals surface area contributed by atoms with Crippen molar-refractivity contribution < 1.29 is 4.79 Å². The molecule has 0 bridgehead atoms. The fraction of sp³-hybridized carbons (Fsp3) is 0.400.